The zero-order valence-corrected chi connectivity index (χ0v) is 20.6. The summed E-state index contributed by atoms with van der Waals surface area (Å²) in [5.74, 6) is -0.231. The molecule has 13 atom stereocenters. The topological polar surface area (TPSA) is 101 Å². The van der Waals surface area contributed by atoms with Crippen LogP contribution in [0, 0.1) is 34.5 Å². The third kappa shape index (κ3) is 2.20. The van der Waals surface area contributed by atoms with Crippen LogP contribution in [0.25, 0.3) is 0 Å². The van der Waals surface area contributed by atoms with Crippen molar-refractivity contribution in [2.45, 2.75) is 74.3 Å². The fourth-order valence-electron chi connectivity index (χ4n) is 11.0. The molecule has 5 saturated carbocycles. The summed E-state index contributed by atoms with van der Waals surface area (Å²) in [7, 11) is 6.79. The Morgan fingerprint density at radius 3 is 2.42 bits per heavy atom. The second kappa shape index (κ2) is 7.13. The molecule has 1 saturated heterocycles. The monoisotopic (exact) mass is 467 g/mol. The Balaban J connectivity index is 1.67. The lowest BCUT2D eigenvalue weighted by atomic mass is 9.42. The van der Waals surface area contributed by atoms with E-state index >= 15 is 0 Å². The van der Waals surface area contributed by atoms with Gasteiger partial charge in [0.15, 0.2) is 0 Å². The summed E-state index contributed by atoms with van der Waals surface area (Å²) in [6.07, 6.45) is 1.06. The van der Waals surface area contributed by atoms with Gasteiger partial charge in [-0.1, -0.05) is 6.92 Å². The smallest absolute Gasteiger partial charge is 0.136 e. The Bertz CT molecular complexity index is 814. The molecule has 0 aromatic heterocycles. The maximum absolute atomic E-state index is 12.9. The van der Waals surface area contributed by atoms with E-state index in [4.69, 9.17) is 18.9 Å². The number of aliphatic hydroxyl groups excluding tert-OH is 1. The Hall–Kier alpha value is -0.320. The van der Waals surface area contributed by atoms with E-state index in [0.29, 0.717) is 19.4 Å². The molecular formula is C25H41NO7. The van der Waals surface area contributed by atoms with Gasteiger partial charge in [0, 0.05) is 70.0 Å². The molecule has 0 aromatic carbocycles. The molecule has 0 amide bonds. The van der Waals surface area contributed by atoms with Crippen LogP contribution in [0.1, 0.15) is 32.6 Å². The van der Waals surface area contributed by atoms with Gasteiger partial charge in [0.2, 0.25) is 0 Å². The van der Waals surface area contributed by atoms with Crippen LogP contribution in [-0.4, -0.2) is 110 Å². The number of fused-ring (bicyclic) bond motifs is 2. The van der Waals surface area contributed by atoms with Gasteiger partial charge in [-0.25, -0.2) is 0 Å². The summed E-state index contributed by atoms with van der Waals surface area (Å²) in [4.78, 5) is 2.33. The van der Waals surface area contributed by atoms with E-state index in [1.165, 1.54) is 0 Å². The first-order valence-electron chi connectivity index (χ1n) is 12.7. The maximum atomic E-state index is 12.9. The number of methoxy groups -OCH3 is 4. The minimum absolute atomic E-state index is 0.00825. The van der Waals surface area contributed by atoms with E-state index in [2.05, 4.69) is 11.8 Å². The fourth-order valence-corrected chi connectivity index (χ4v) is 11.0. The van der Waals surface area contributed by atoms with Crippen molar-refractivity contribution >= 4 is 0 Å². The molecule has 33 heavy (non-hydrogen) atoms. The molecule has 6 rings (SSSR count). The predicted molar refractivity (Wildman–Crippen MR) is 119 cm³/mol. The Morgan fingerprint density at radius 1 is 1.06 bits per heavy atom. The minimum Gasteiger partial charge on any atom is -0.392 e. The van der Waals surface area contributed by atoms with Gasteiger partial charge in [-0.15, -0.1) is 0 Å². The average Bonchev–Trinajstić information content (AvgIpc) is 3.22. The molecule has 5 aliphatic carbocycles. The van der Waals surface area contributed by atoms with E-state index in [1.54, 1.807) is 28.4 Å². The molecule has 1 heterocycles. The lowest BCUT2D eigenvalue weighted by molar-refractivity contribution is -0.318. The lowest BCUT2D eigenvalue weighted by Gasteiger charge is -2.69. The number of likely N-dealkylation sites (tertiary alicyclic amines) is 1. The second-order valence-electron chi connectivity index (χ2n) is 11.9. The second-order valence-corrected chi connectivity index (χ2v) is 11.9. The number of rotatable bonds is 6. The number of piperidine rings is 1. The summed E-state index contributed by atoms with van der Waals surface area (Å²) in [6.45, 7) is 4.18. The van der Waals surface area contributed by atoms with Crippen LogP contribution in [0.15, 0.2) is 0 Å². The van der Waals surface area contributed by atoms with Crippen molar-refractivity contribution in [1.29, 1.82) is 0 Å². The van der Waals surface area contributed by atoms with Gasteiger partial charge in [0.1, 0.15) is 11.2 Å². The molecule has 1 spiro atoms. The number of ether oxygens (including phenoxy) is 4. The van der Waals surface area contributed by atoms with E-state index in [0.717, 1.165) is 25.9 Å². The summed E-state index contributed by atoms with van der Waals surface area (Å²) in [6, 6.07) is -0.386. The summed E-state index contributed by atoms with van der Waals surface area (Å²) in [5, 5.41) is 37.6. The third-order valence-electron chi connectivity index (χ3n) is 11.5. The molecule has 6 fully saturated rings. The van der Waals surface area contributed by atoms with Crippen molar-refractivity contribution in [3.8, 4) is 0 Å². The lowest BCUT2D eigenvalue weighted by Crippen LogP contribution is -2.82. The number of hydrogen-bond donors (Lipinski definition) is 3. The van der Waals surface area contributed by atoms with Crippen LogP contribution < -0.4 is 0 Å². The Morgan fingerprint density at radius 2 is 1.82 bits per heavy atom. The SMILES string of the molecule is CCN1C[C@@]2(COC)CC[C@@H](O)[C@@]34C5C[C@@H]6[C@@H](OC)C[C@](O)(C5[C@@H]6OC)[C@@](O)(C(OC)C23)[C@H]14. The first-order chi connectivity index (χ1) is 15.8. The maximum Gasteiger partial charge on any atom is 0.136 e. The zero-order valence-electron chi connectivity index (χ0n) is 20.6. The van der Waals surface area contributed by atoms with E-state index in [-0.39, 0.29) is 47.3 Å². The molecule has 0 aromatic rings. The minimum atomic E-state index is -1.55. The quantitative estimate of drug-likeness (QED) is 0.512. The Labute approximate surface area is 196 Å². The molecule has 0 radical (unpaired) electrons. The highest BCUT2D eigenvalue weighted by molar-refractivity contribution is 5.41. The van der Waals surface area contributed by atoms with Gasteiger partial charge in [-0.3, -0.25) is 4.90 Å². The molecule has 4 unspecified atom stereocenters. The molecule has 6 aliphatic rings. The van der Waals surface area contributed by atoms with E-state index in [9.17, 15) is 15.3 Å². The predicted octanol–water partition coefficient (Wildman–Crippen LogP) is 0.271. The molecular weight excluding hydrogens is 426 g/mol. The van der Waals surface area contributed by atoms with Crippen molar-refractivity contribution in [2.24, 2.45) is 34.5 Å². The van der Waals surface area contributed by atoms with E-state index < -0.39 is 28.8 Å². The molecule has 8 nitrogen and oxygen atoms in total. The van der Waals surface area contributed by atoms with Crippen LogP contribution in [0.3, 0.4) is 0 Å². The number of likely N-dealkylation sites (N-methyl/N-ethyl adjacent to an activating group) is 1. The largest absolute Gasteiger partial charge is 0.392 e. The van der Waals surface area contributed by atoms with Crippen LogP contribution in [0.4, 0.5) is 0 Å². The van der Waals surface area contributed by atoms with E-state index in [1.807, 2.05) is 0 Å². The van der Waals surface area contributed by atoms with Crippen LogP contribution in [-0.2, 0) is 18.9 Å². The molecule has 8 heteroatoms. The van der Waals surface area contributed by atoms with Crippen molar-refractivity contribution < 1.29 is 34.3 Å². The van der Waals surface area contributed by atoms with Gasteiger partial charge in [-0.2, -0.15) is 0 Å². The normalized spacial score (nSPS) is 60.9. The fraction of sp³-hybridized carbons (Fsp3) is 1.00. The summed E-state index contributed by atoms with van der Waals surface area (Å²) in [5.41, 5.74) is -3.82. The zero-order chi connectivity index (χ0) is 23.6. The van der Waals surface area contributed by atoms with Gasteiger partial charge >= 0.3 is 0 Å². The van der Waals surface area contributed by atoms with Crippen molar-refractivity contribution in [1.82, 2.24) is 4.90 Å². The highest BCUT2D eigenvalue weighted by Crippen LogP contribution is 2.80. The van der Waals surface area contributed by atoms with Gasteiger partial charge < -0.3 is 34.3 Å². The highest BCUT2D eigenvalue weighted by atomic mass is 16.5. The van der Waals surface area contributed by atoms with Crippen molar-refractivity contribution in [3.05, 3.63) is 0 Å². The summed E-state index contributed by atoms with van der Waals surface area (Å²) < 4.78 is 24.0. The van der Waals surface area contributed by atoms with Gasteiger partial charge in [0.25, 0.3) is 0 Å². The Kier molecular flexibility index (Phi) is 4.99. The van der Waals surface area contributed by atoms with Gasteiger partial charge in [0.05, 0.1) is 37.1 Å². The molecule has 3 N–H and O–H groups in total. The van der Waals surface area contributed by atoms with Crippen molar-refractivity contribution in [3.63, 3.8) is 0 Å². The van der Waals surface area contributed by atoms with Crippen LogP contribution in [0.5, 0.6) is 0 Å². The van der Waals surface area contributed by atoms with Crippen LogP contribution in [0.2, 0.25) is 0 Å². The average molecular weight is 468 g/mol. The first kappa shape index (κ1) is 23.1. The number of aliphatic hydroxyl groups is 3. The standard InChI is InChI=1S/C25H41NO7/c1-6-26-11-22(12-30-2)8-7-16(27)24-14-9-13-15(31-3)10-23(28,17(14)18(13)32-4)25(29,21(24)26)20(33-5)19(22)24/h13-21,27-29H,6-12H2,1-5H3/t13-,14?,15+,16-,17?,18-,19?,20?,21-,22-,23+,24+,25-/m1/s1. The highest BCUT2D eigenvalue weighted by Gasteiger charge is 2.91. The number of hydrogen-bond acceptors (Lipinski definition) is 8. The molecule has 1 aliphatic heterocycles. The third-order valence-corrected chi connectivity index (χ3v) is 11.5. The number of nitrogens with zero attached hydrogens (tertiary/aromatic N) is 1. The molecule has 188 valence electrons. The summed E-state index contributed by atoms with van der Waals surface area (Å²) >= 11 is 0. The van der Waals surface area contributed by atoms with Gasteiger partial charge in [-0.05, 0) is 31.7 Å². The first-order valence-corrected chi connectivity index (χ1v) is 12.7. The molecule has 7 bridgehead atoms. The van der Waals surface area contributed by atoms with Crippen LogP contribution >= 0.6 is 0 Å². The van der Waals surface area contributed by atoms with Crippen molar-refractivity contribution in [2.75, 3.05) is 48.1 Å².